The molecule has 82 valence electrons. The maximum absolute atomic E-state index is 11.0. The number of hydrogen-bond donors (Lipinski definition) is 2. The van der Waals surface area contributed by atoms with Crippen molar-refractivity contribution < 1.29 is 22.0 Å². The van der Waals surface area contributed by atoms with E-state index in [1.54, 1.807) is 6.92 Å². The smallest absolute Gasteiger partial charge is 0.398 e. The van der Waals surface area contributed by atoms with Gasteiger partial charge in [-0.05, 0) is 19.8 Å². The molecule has 0 bridgehead atoms. The van der Waals surface area contributed by atoms with Gasteiger partial charge in [-0.3, -0.25) is 20.4 Å². The molecule has 0 aliphatic heterocycles. The first-order valence-corrected chi connectivity index (χ1v) is 4.42. The Bertz CT molecular complexity index is 269. The van der Waals surface area contributed by atoms with E-state index >= 15 is 0 Å². The summed E-state index contributed by atoms with van der Waals surface area (Å²) < 4.78 is 4.41. The Hall–Kier alpha value is -1.59. The summed E-state index contributed by atoms with van der Waals surface area (Å²) in [6.45, 7) is 1.72. The Morgan fingerprint density at radius 3 is 2.50 bits per heavy atom. The number of hydrazine groups is 1. The van der Waals surface area contributed by atoms with E-state index in [2.05, 4.69) is 10.2 Å². The maximum atomic E-state index is 11.0. The molecule has 1 saturated carbocycles. The van der Waals surface area contributed by atoms with Crippen LogP contribution in [0.4, 0.5) is 0 Å². The van der Waals surface area contributed by atoms with Gasteiger partial charge >= 0.3 is 11.9 Å². The largest absolute Gasteiger partial charge is 0.459 e. The fraction of sp³-hybridized carbons (Fsp3) is 0.625. The van der Waals surface area contributed by atoms with Gasteiger partial charge in [-0.15, -0.1) is 0 Å². The summed E-state index contributed by atoms with van der Waals surface area (Å²) in [6.07, 6.45) is 1.67. The third-order valence-electron chi connectivity index (χ3n) is 1.71. The molecule has 0 saturated heterocycles. The van der Waals surface area contributed by atoms with E-state index in [4.69, 9.17) is 0 Å². The van der Waals surface area contributed by atoms with Crippen LogP contribution >= 0.6 is 0 Å². The van der Waals surface area contributed by atoms with Gasteiger partial charge in [0.25, 0.3) is 0 Å². The van der Waals surface area contributed by atoms with Crippen molar-refractivity contribution in [3.63, 3.8) is 0 Å². The van der Waals surface area contributed by atoms with Crippen LogP contribution in [0.25, 0.3) is 0 Å². The fourth-order valence-corrected chi connectivity index (χ4v) is 0.814. The number of hydrogen-bond acceptors (Lipinski definition) is 4. The van der Waals surface area contributed by atoms with E-state index in [-0.39, 0.29) is 21.3 Å². The first-order valence-electron chi connectivity index (χ1n) is 4.42. The molecule has 0 aromatic carbocycles. The molecule has 2 amide bonds. The van der Waals surface area contributed by atoms with Gasteiger partial charge < -0.3 is 4.74 Å². The molecule has 0 heterocycles. The summed E-state index contributed by atoms with van der Waals surface area (Å²) in [4.78, 5) is 32.6. The van der Waals surface area contributed by atoms with Gasteiger partial charge in [-0.25, -0.2) is 4.79 Å². The number of nitrogens with one attached hydrogen (secondary N) is 2. The SMILES string of the molecule is CCOC(=O)C(=O)NNC(=O)C1CC1.[HH].[HH]. The molecule has 2 N–H and O–H groups in total. The summed E-state index contributed by atoms with van der Waals surface area (Å²) in [5.41, 5.74) is 4.12. The molecule has 6 nitrogen and oxygen atoms in total. The monoisotopic (exact) mass is 204 g/mol. The Kier molecular flexibility index (Phi) is 3.44. The Labute approximate surface area is 83.9 Å². The van der Waals surface area contributed by atoms with Crippen molar-refractivity contribution in [2.24, 2.45) is 5.92 Å². The van der Waals surface area contributed by atoms with Crippen molar-refractivity contribution in [1.29, 1.82) is 0 Å². The van der Waals surface area contributed by atoms with Gasteiger partial charge in [-0.2, -0.15) is 0 Å². The lowest BCUT2D eigenvalue weighted by atomic mass is 10.4. The lowest BCUT2D eigenvalue weighted by Crippen LogP contribution is -2.46. The molecular weight excluding hydrogens is 188 g/mol. The number of carbonyl (C=O) groups is 3. The van der Waals surface area contributed by atoms with E-state index in [1.807, 2.05) is 5.43 Å². The Balaban J connectivity index is 0. The van der Waals surface area contributed by atoms with Crippen LogP contribution in [0.15, 0.2) is 0 Å². The summed E-state index contributed by atoms with van der Waals surface area (Å²) in [7, 11) is 0. The van der Waals surface area contributed by atoms with Gasteiger partial charge in [0.15, 0.2) is 0 Å². The summed E-state index contributed by atoms with van der Waals surface area (Å²) in [6, 6.07) is 0. The zero-order valence-electron chi connectivity index (χ0n) is 7.83. The van der Waals surface area contributed by atoms with E-state index in [0.29, 0.717) is 0 Å². The maximum Gasteiger partial charge on any atom is 0.398 e. The minimum atomic E-state index is -0.997. The third kappa shape index (κ3) is 3.04. The highest BCUT2D eigenvalue weighted by atomic mass is 16.5. The predicted octanol–water partition coefficient (Wildman–Crippen LogP) is -0.401. The Morgan fingerprint density at radius 1 is 1.36 bits per heavy atom. The quantitative estimate of drug-likeness (QED) is 0.364. The first-order chi connectivity index (χ1) is 6.65. The van der Waals surface area contributed by atoms with Crippen LogP contribution < -0.4 is 10.9 Å². The van der Waals surface area contributed by atoms with E-state index in [0.717, 1.165) is 12.8 Å². The van der Waals surface area contributed by atoms with Crippen LogP contribution in [0.1, 0.15) is 22.6 Å². The zero-order chi connectivity index (χ0) is 10.6. The average Bonchev–Trinajstić information content (AvgIpc) is 2.97. The van der Waals surface area contributed by atoms with E-state index in [1.165, 1.54) is 0 Å². The second-order valence-electron chi connectivity index (χ2n) is 2.94. The number of rotatable bonds is 2. The lowest BCUT2D eigenvalue weighted by molar-refractivity contribution is -0.155. The van der Waals surface area contributed by atoms with Crippen LogP contribution in [0, 0.1) is 5.92 Å². The molecule has 1 aliphatic rings. The van der Waals surface area contributed by atoms with Crippen molar-refractivity contribution in [1.82, 2.24) is 10.9 Å². The van der Waals surface area contributed by atoms with E-state index in [9.17, 15) is 14.4 Å². The Morgan fingerprint density at radius 2 is 2.00 bits per heavy atom. The van der Waals surface area contributed by atoms with Crippen LogP contribution in [-0.2, 0) is 19.1 Å². The molecule has 0 aromatic heterocycles. The third-order valence-corrected chi connectivity index (χ3v) is 1.71. The molecule has 0 unspecified atom stereocenters. The minimum Gasteiger partial charge on any atom is -0.459 e. The average molecular weight is 204 g/mol. The topological polar surface area (TPSA) is 84.5 Å². The molecule has 1 fully saturated rings. The molecule has 0 aromatic rings. The summed E-state index contributed by atoms with van der Waals surface area (Å²) >= 11 is 0. The van der Waals surface area contributed by atoms with Gasteiger partial charge in [0.05, 0.1) is 6.61 Å². The molecule has 1 aliphatic carbocycles. The molecule has 0 spiro atoms. The molecule has 1 rings (SSSR count). The van der Waals surface area contributed by atoms with Crippen LogP contribution in [0.5, 0.6) is 0 Å². The number of ether oxygens (including phenoxy) is 1. The lowest BCUT2D eigenvalue weighted by Gasteiger charge is -2.05. The van der Waals surface area contributed by atoms with Crippen molar-refractivity contribution >= 4 is 17.8 Å². The molecule has 0 radical (unpaired) electrons. The normalized spacial score (nSPS) is 14.4. The van der Waals surface area contributed by atoms with Gasteiger partial charge in [0.2, 0.25) is 5.91 Å². The highest BCUT2D eigenvalue weighted by Gasteiger charge is 2.30. The zero-order valence-corrected chi connectivity index (χ0v) is 7.83. The van der Waals surface area contributed by atoms with Crippen molar-refractivity contribution in [3.05, 3.63) is 0 Å². The minimum absolute atomic E-state index is 0. The first kappa shape index (κ1) is 10.5. The predicted molar refractivity (Wildman–Crippen MR) is 49.9 cm³/mol. The van der Waals surface area contributed by atoms with Crippen molar-refractivity contribution in [2.75, 3.05) is 6.61 Å². The number of esters is 1. The second kappa shape index (κ2) is 4.59. The van der Waals surface area contributed by atoms with Crippen LogP contribution in [-0.4, -0.2) is 24.4 Å². The highest BCUT2D eigenvalue weighted by molar-refractivity contribution is 6.32. The number of carbonyl (C=O) groups excluding carboxylic acids is 3. The second-order valence-corrected chi connectivity index (χ2v) is 2.94. The van der Waals surface area contributed by atoms with Gasteiger partial charge in [0, 0.05) is 8.77 Å². The number of amides is 2. The summed E-state index contributed by atoms with van der Waals surface area (Å²) in [5.74, 6) is -2.23. The highest BCUT2D eigenvalue weighted by Crippen LogP contribution is 2.28. The van der Waals surface area contributed by atoms with Crippen molar-refractivity contribution in [2.45, 2.75) is 19.8 Å². The standard InChI is InChI=1S/C8H12N2O4.2H2/c1-2-14-8(13)7(12)10-9-6(11)5-3-4-5;;/h5H,2-4H2,1H3,(H,9,11)(H,10,12);2*1H. The molecular formula is C8H16N2O4. The van der Waals surface area contributed by atoms with Gasteiger partial charge in [-0.1, -0.05) is 0 Å². The molecule has 6 heteroatoms. The van der Waals surface area contributed by atoms with Crippen LogP contribution in [0.2, 0.25) is 0 Å². The van der Waals surface area contributed by atoms with Crippen molar-refractivity contribution in [3.8, 4) is 0 Å². The molecule has 0 atom stereocenters. The molecule has 14 heavy (non-hydrogen) atoms. The van der Waals surface area contributed by atoms with Crippen LogP contribution in [0.3, 0.4) is 0 Å². The van der Waals surface area contributed by atoms with Gasteiger partial charge in [0.1, 0.15) is 0 Å². The van der Waals surface area contributed by atoms with E-state index < -0.39 is 11.9 Å². The fourth-order valence-electron chi connectivity index (χ4n) is 0.814. The summed E-state index contributed by atoms with van der Waals surface area (Å²) in [5, 5.41) is 0.